The molecule has 0 amide bonds. The minimum absolute atomic E-state index is 0.405. The minimum atomic E-state index is 0.405. The average molecular weight is 298 g/mol. The molecule has 3 aromatic rings. The summed E-state index contributed by atoms with van der Waals surface area (Å²) < 4.78 is 5.28. The summed E-state index contributed by atoms with van der Waals surface area (Å²) in [6.07, 6.45) is 3.75. The first-order chi connectivity index (χ1) is 10.3. The maximum Gasteiger partial charge on any atom is 0.276 e. The number of rotatable bonds is 4. The molecule has 0 fully saturated rings. The van der Waals surface area contributed by atoms with E-state index in [0.29, 0.717) is 24.0 Å². The molecule has 21 heavy (non-hydrogen) atoms. The van der Waals surface area contributed by atoms with Gasteiger partial charge >= 0.3 is 0 Å². The van der Waals surface area contributed by atoms with Crippen LogP contribution in [0.15, 0.2) is 52.0 Å². The Kier molecular flexibility index (Phi) is 3.98. The highest BCUT2D eigenvalue weighted by Gasteiger charge is 2.11. The normalized spacial score (nSPS) is 10.8. The predicted molar refractivity (Wildman–Crippen MR) is 82.6 cm³/mol. The molecule has 0 spiro atoms. The third kappa shape index (κ3) is 2.96. The van der Waals surface area contributed by atoms with Gasteiger partial charge < -0.3 is 10.3 Å². The van der Waals surface area contributed by atoms with Gasteiger partial charge in [0.25, 0.3) is 5.89 Å². The molecule has 0 aliphatic heterocycles. The number of nitrogens with two attached hydrogens (primary N) is 1. The van der Waals surface area contributed by atoms with E-state index in [1.807, 2.05) is 42.7 Å². The van der Waals surface area contributed by atoms with Crippen molar-refractivity contribution in [2.75, 3.05) is 6.26 Å². The predicted octanol–water partition coefficient (Wildman–Crippen LogP) is 2.98. The van der Waals surface area contributed by atoms with E-state index in [4.69, 9.17) is 10.3 Å². The smallest absolute Gasteiger partial charge is 0.276 e. The molecule has 1 aromatic carbocycles. The van der Waals surface area contributed by atoms with E-state index >= 15 is 0 Å². The van der Waals surface area contributed by atoms with Crippen LogP contribution < -0.4 is 5.73 Å². The van der Waals surface area contributed by atoms with Crippen LogP contribution in [0.2, 0.25) is 0 Å². The topological polar surface area (TPSA) is 77.8 Å². The Bertz CT molecular complexity index is 660. The summed E-state index contributed by atoms with van der Waals surface area (Å²) >= 11 is 1.69. The molecular formula is C15H14N4OS. The van der Waals surface area contributed by atoms with Crippen molar-refractivity contribution in [2.24, 2.45) is 5.73 Å². The Labute approximate surface area is 126 Å². The third-order valence-corrected chi connectivity index (χ3v) is 3.80. The van der Waals surface area contributed by atoms with Gasteiger partial charge in [-0.1, -0.05) is 11.2 Å². The maximum atomic E-state index is 5.55. The summed E-state index contributed by atoms with van der Waals surface area (Å²) in [6.45, 7) is 0.462. The van der Waals surface area contributed by atoms with Crippen LogP contribution in [0, 0.1) is 0 Å². The van der Waals surface area contributed by atoms with Gasteiger partial charge in [0.1, 0.15) is 5.69 Å². The fourth-order valence-electron chi connectivity index (χ4n) is 1.86. The second-order valence-electron chi connectivity index (χ2n) is 4.41. The van der Waals surface area contributed by atoms with Crippen LogP contribution in [-0.4, -0.2) is 21.4 Å². The molecule has 2 heterocycles. The van der Waals surface area contributed by atoms with Crippen LogP contribution in [0.25, 0.3) is 23.0 Å². The van der Waals surface area contributed by atoms with Crippen LogP contribution in [-0.2, 0) is 6.54 Å². The third-order valence-electron chi connectivity index (χ3n) is 3.05. The number of hydrogen-bond donors (Lipinski definition) is 1. The average Bonchev–Trinajstić information content (AvgIpc) is 3.05. The summed E-state index contributed by atoms with van der Waals surface area (Å²) in [6, 6.07) is 11.8. The van der Waals surface area contributed by atoms with Crippen molar-refractivity contribution in [3.8, 4) is 23.0 Å². The van der Waals surface area contributed by atoms with Crippen molar-refractivity contribution < 1.29 is 4.52 Å². The molecule has 106 valence electrons. The highest BCUT2D eigenvalue weighted by atomic mass is 32.2. The van der Waals surface area contributed by atoms with Crippen molar-refractivity contribution in [1.29, 1.82) is 0 Å². The summed E-state index contributed by atoms with van der Waals surface area (Å²) in [4.78, 5) is 9.85. The van der Waals surface area contributed by atoms with Gasteiger partial charge in [0.15, 0.2) is 0 Å². The first-order valence-electron chi connectivity index (χ1n) is 6.43. The zero-order chi connectivity index (χ0) is 14.7. The zero-order valence-corrected chi connectivity index (χ0v) is 12.3. The summed E-state index contributed by atoms with van der Waals surface area (Å²) in [5, 5.41) is 4.00. The highest BCUT2D eigenvalue weighted by molar-refractivity contribution is 7.98. The van der Waals surface area contributed by atoms with Crippen LogP contribution in [0.1, 0.15) is 5.56 Å². The van der Waals surface area contributed by atoms with Gasteiger partial charge in [0.05, 0.1) is 0 Å². The number of aromatic nitrogens is 3. The molecule has 6 heteroatoms. The molecule has 0 saturated heterocycles. The minimum Gasteiger partial charge on any atom is -0.332 e. The van der Waals surface area contributed by atoms with Crippen molar-refractivity contribution >= 4 is 11.8 Å². The summed E-state index contributed by atoms with van der Waals surface area (Å²) in [5.74, 6) is 0.963. The number of nitrogens with zero attached hydrogens (tertiary/aromatic N) is 3. The van der Waals surface area contributed by atoms with E-state index in [1.54, 1.807) is 18.0 Å². The van der Waals surface area contributed by atoms with Crippen LogP contribution in [0.4, 0.5) is 0 Å². The standard InChI is InChI=1S/C15H14N4OS/c1-21-12-5-3-11(4-6-12)14-18-15(20-19-14)13-7-2-10(8-16)9-17-13/h2-7,9H,8,16H2,1H3. The molecule has 0 aliphatic rings. The van der Waals surface area contributed by atoms with Crippen molar-refractivity contribution in [3.63, 3.8) is 0 Å². The lowest BCUT2D eigenvalue weighted by Gasteiger charge is -1.97. The number of pyridine rings is 1. The Morgan fingerprint density at radius 3 is 2.57 bits per heavy atom. The van der Waals surface area contributed by atoms with Gasteiger partial charge in [0, 0.05) is 23.2 Å². The second-order valence-corrected chi connectivity index (χ2v) is 5.29. The van der Waals surface area contributed by atoms with Crippen molar-refractivity contribution in [2.45, 2.75) is 11.4 Å². The van der Waals surface area contributed by atoms with Gasteiger partial charge in [-0.2, -0.15) is 4.98 Å². The molecule has 0 radical (unpaired) electrons. The molecule has 0 atom stereocenters. The molecule has 5 nitrogen and oxygen atoms in total. The highest BCUT2D eigenvalue weighted by Crippen LogP contribution is 2.23. The second kappa shape index (κ2) is 6.07. The molecule has 0 saturated carbocycles. The lowest BCUT2D eigenvalue weighted by Crippen LogP contribution is -1.96. The fraction of sp³-hybridized carbons (Fsp3) is 0.133. The van der Waals surface area contributed by atoms with Gasteiger partial charge in [-0.15, -0.1) is 11.8 Å². The van der Waals surface area contributed by atoms with Crippen LogP contribution in [0.5, 0.6) is 0 Å². The van der Waals surface area contributed by atoms with E-state index in [1.165, 1.54) is 4.90 Å². The number of benzene rings is 1. The largest absolute Gasteiger partial charge is 0.332 e. The van der Waals surface area contributed by atoms with E-state index in [0.717, 1.165) is 11.1 Å². The zero-order valence-electron chi connectivity index (χ0n) is 11.5. The molecular weight excluding hydrogens is 284 g/mol. The van der Waals surface area contributed by atoms with Gasteiger partial charge in [-0.05, 0) is 42.2 Å². The Morgan fingerprint density at radius 2 is 1.95 bits per heavy atom. The first-order valence-corrected chi connectivity index (χ1v) is 7.66. The maximum absolute atomic E-state index is 5.55. The molecule has 0 unspecified atom stereocenters. The Morgan fingerprint density at radius 1 is 1.14 bits per heavy atom. The lowest BCUT2D eigenvalue weighted by atomic mass is 10.2. The van der Waals surface area contributed by atoms with E-state index in [-0.39, 0.29) is 0 Å². The van der Waals surface area contributed by atoms with E-state index in [2.05, 4.69) is 15.1 Å². The van der Waals surface area contributed by atoms with Crippen molar-refractivity contribution in [3.05, 3.63) is 48.2 Å². The monoisotopic (exact) mass is 298 g/mol. The summed E-state index contributed by atoms with van der Waals surface area (Å²) in [5.41, 5.74) is 8.08. The van der Waals surface area contributed by atoms with Gasteiger partial charge in [-0.3, -0.25) is 4.98 Å². The van der Waals surface area contributed by atoms with Gasteiger partial charge in [0.2, 0.25) is 5.82 Å². The van der Waals surface area contributed by atoms with Crippen LogP contribution in [0.3, 0.4) is 0 Å². The molecule has 2 aromatic heterocycles. The fourth-order valence-corrected chi connectivity index (χ4v) is 2.26. The lowest BCUT2D eigenvalue weighted by molar-refractivity contribution is 0.431. The van der Waals surface area contributed by atoms with E-state index in [9.17, 15) is 0 Å². The summed E-state index contributed by atoms with van der Waals surface area (Å²) in [7, 11) is 0. The van der Waals surface area contributed by atoms with E-state index < -0.39 is 0 Å². The first kappa shape index (κ1) is 13.8. The molecule has 0 bridgehead atoms. The van der Waals surface area contributed by atoms with Crippen LogP contribution >= 0.6 is 11.8 Å². The molecule has 0 aliphatic carbocycles. The SMILES string of the molecule is CSc1ccc(-c2noc(-c3ccc(CN)cn3)n2)cc1. The molecule has 3 rings (SSSR count). The number of hydrogen-bond acceptors (Lipinski definition) is 6. The number of thioether (sulfide) groups is 1. The Balaban J connectivity index is 1.87. The van der Waals surface area contributed by atoms with Gasteiger partial charge in [-0.25, -0.2) is 0 Å². The van der Waals surface area contributed by atoms with Crippen molar-refractivity contribution in [1.82, 2.24) is 15.1 Å². The molecule has 2 N–H and O–H groups in total. The quantitative estimate of drug-likeness (QED) is 0.746. The Hall–Kier alpha value is -2.18.